The van der Waals surface area contributed by atoms with Crippen molar-refractivity contribution in [2.75, 3.05) is 7.11 Å². The van der Waals surface area contributed by atoms with Gasteiger partial charge in [0.1, 0.15) is 5.75 Å². The third kappa shape index (κ3) is 2.79. The minimum absolute atomic E-state index is 0.156. The van der Waals surface area contributed by atoms with Gasteiger partial charge in [0, 0.05) is 0 Å². The molecule has 0 aliphatic rings. The third-order valence-electron chi connectivity index (χ3n) is 2.81. The lowest BCUT2D eigenvalue weighted by atomic mass is 10.0. The number of hydrogen-bond acceptors (Lipinski definition) is 3. The minimum atomic E-state index is -0.156. The van der Waals surface area contributed by atoms with Crippen LogP contribution < -0.4 is 10.5 Å². The van der Waals surface area contributed by atoms with Gasteiger partial charge in [-0.1, -0.05) is 12.1 Å². The average Bonchev–Trinajstić information content (AvgIpc) is 2.68. The molecule has 1 aromatic carbocycles. The zero-order valence-corrected chi connectivity index (χ0v) is 14.0. The van der Waals surface area contributed by atoms with E-state index in [2.05, 4.69) is 31.9 Å². The molecule has 0 saturated heterocycles. The molecular formula is C13H13Br2NOS. The third-order valence-corrected chi connectivity index (χ3v) is 5.20. The summed E-state index contributed by atoms with van der Waals surface area (Å²) in [5.41, 5.74) is 9.54. The van der Waals surface area contributed by atoms with Gasteiger partial charge in [-0.3, -0.25) is 0 Å². The summed E-state index contributed by atoms with van der Waals surface area (Å²) in [6, 6.07) is 7.96. The van der Waals surface area contributed by atoms with Gasteiger partial charge in [0.2, 0.25) is 0 Å². The Hall–Kier alpha value is -0.360. The zero-order chi connectivity index (χ0) is 13.3. The molecule has 0 aliphatic carbocycles. The average molecular weight is 391 g/mol. The van der Waals surface area contributed by atoms with Crippen LogP contribution in [0.25, 0.3) is 0 Å². The molecule has 1 atom stereocenters. The number of rotatable bonds is 3. The summed E-state index contributed by atoms with van der Waals surface area (Å²) in [5.74, 6) is 0.869. The Labute approximate surface area is 127 Å². The Morgan fingerprint density at radius 3 is 2.56 bits per heavy atom. The summed E-state index contributed by atoms with van der Waals surface area (Å²) in [7, 11) is 1.68. The molecule has 2 aromatic rings. The summed E-state index contributed by atoms with van der Waals surface area (Å²) in [5, 5.41) is 0. The molecule has 1 heterocycles. The van der Waals surface area contributed by atoms with Gasteiger partial charge in [-0.05, 0) is 67.6 Å². The molecule has 2 nitrogen and oxygen atoms in total. The van der Waals surface area contributed by atoms with E-state index >= 15 is 0 Å². The van der Waals surface area contributed by atoms with Gasteiger partial charge < -0.3 is 10.5 Å². The highest BCUT2D eigenvalue weighted by molar-refractivity contribution is 9.12. The lowest BCUT2D eigenvalue weighted by molar-refractivity contribution is 0.411. The lowest BCUT2D eigenvalue weighted by Crippen LogP contribution is -2.11. The smallest absolute Gasteiger partial charge is 0.122 e. The number of halogens is 2. The molecule has 0 amide bonds. The zero-order valence-electron chi connectivity index (χ0n) is 10.0. The first-order chi connectivity index (χ1) is 8.52. The van der Waals surface area contributed by atoms with Crippen LogP contribution in [-0.2, 0) is 0 Å². The van der Waals surface area contributed by atoms with Crippen molar-refractivity contribution < 1.29 is 4.74 Å². The first kappa shape index (κ1) is 14.1. The fraction of sp³-hybridized carbons (Fsp3) is 0.231. The van der Waals surface area contributed by atoms with Gasteiger partial charge in [-0.15, -0.1) is 11.3 Å². The minimum Gasteiger partial charge on any atom is -0.496 e. The van der Waals surface area contributed by atoms with E-state index in [4.69, 9.17) is 10.5 Å². The maximum atomic E-state index is 6.30. The van der Waals surface area contributed by atoms with Crippen molar-refractivity contribution in [1.29, 1.82) is 0 Å². The fourth-order valence-electron chi connectivity index (χ4n) is 1.77. The van der Waals surface area contributed by atoms with E-state index in [1.54, 1.807) is 18.4 Å². The monoisotopic (exact) mass is 389 g/mol. The Morgan fingerprint density at radius 2 is 2.00 bits per heavy atom. The van der Waals surface area contributed by atoms with Crippen LogP contribution in [0.1, 0.15) is 22.7 Å². The molecular weight excluding hydrogens is 378 g/mol. The van der Waals surface area contributed by atoms with Gasteiger partial charge in [0.05, 0.1) is 20.7 Å². The van der Waals surface area contributed by atoms with E-state index in [0.29, 0.717) is 0 Å². The second kappa shape index (κ2) is 5.74. The molecule has 2 N–H and O–H groups in total. The number of methoxy groups -OCH3 is 1. The number of ether oxygens (including phenoxy) is 1. The highest BCUT2D eigenvalue weighted by Crippen LogP contribution is 2.37. The largest absolute Gasteiger partial charge is 0.496 e. The second-order valence-corrected chi connectivity index (χ2v) is 7.74. The van der Waals surface area contributed by atoms with Crippen LogP contribution in [0.5, 0.6) is 5.75 Å². The van der Waals surface area contributed by atoms with Crippen molar-refractivity contribution >= 4 is 43.2 Å². The molecule has 0 aliphatic heterocycles. The maximum absolute atomic E-state index is 6.30. The van der Waals surface area contributed by atoms with Crippen molar-refractivity contribution in [3.8, 4) is 5.75 Å². The maximum Gasteiger partial charge on any atom is 0.122 e. The molecule has 5 heteroatoms. The summed E-state index contributed by atoms with van der Waals surface area (Å²) in [4.78, 5) is 0. The molecule has 18 heavy (non-hydrogen) atoms. The van der Waals surface area contributed by atoms with Crippen molar-refractivity contribution in [1.82, 2.24) is 0 Å². The number of benzene rings is 1. The predicted octanol–water partition coefficient (Wildman–Crippen LogP) is 4.64. The van der Waals surface area contributed by atoms with Gasteiger partial charge in [-0.25, -0.2) is 0 Å². The molecule has 1 unspecified atom stereocenters. The Kier molecular flexibility index (Phi) is 4.48. The summed E-state index contributed by atoms with van der Waals surface area (Å²) < 4.78 is 7.46. The first-order valence-electron chi connectivity index (χ1n) is 5.37. The SMILES string of the molecule is COc1cc(C(N)c2cc(Br)sc2Br)ccc1C. The van der Waals surface area contributed by atoms with Crippen LogP contribution in [0.4, 0.5) is 0 Å². The molecule has 2 rings (SSSR count). The fourth-order valence-corrected chi connectivity index (χ4v) is 4.70. The molecule has 0 spiro atoms. The quantitative estimate of drug-likeness (QED) is 0.828. The van der Waals surface area contributed by atoms with Gasteiger partial charge in [0.25, 0.3) is 0 Å². The van der Waals surface area contributed by atoms with Crippen LogP contribution in [0.15, 0.2) is 31.8 Å². The highest BCUT2D eigenvalue weighted by Gasteiger charge is 2.16. The Bertz CT molecular complexity index is 568. The van der Waals surface area contributed by atoms with Crippen LogP contribution in [-0.4, -0.2) is 7.11 Å². The van der Waals surface area contributed by atoms with Crippen molar-refractivity contribution in [3.63, 3.8) is 0 Å². The molecule has 0 saturated carbocycles. The molecule has 1 aromatic heterocycles. The lowest BCUT2D eigenvalue weighted by Gasteiger charge is -2.14. The van der Waals surface area contributed by atoms with Crippen molar-refractivity contribution in [2.24, 2.45) is 5.73 Å². The summed E-state index contributed by atoms with van der Waals surface area (Å²) >= 11 is 8.64. The van der Waals surface area contributed by atoms with E-state index in [9.17, 15) is 0 Å². The summed E-state index contributed by atoms with van der Waals surface area (Å²) in [6.07, 6.45) is 0. The van der Waals surface area contributed by atoms with Gasteiger partial charge in [0.15, 0.2) is 0 Å². The molecule has 96 valence electrons. The first-order valence-corrected chi connectivity index (χ1v) is 7.78. The molecule has 0 radical (unpaired) electrons. The van der Waals surface area contributed by atoms with E-state index in [1.165, 1.54) is 0 Å². The van der Waals surface area contributed by atoms with E-state index < -0.39 is 0 Å². The Morgan fingerprint density at radius 1 is 1.28 bits per heavy atom. The van der Waals surface area contributed by atoms with E-state index in [-0.39, 0.29) is 6.04 Å². The van der Waals surface area contributed by atoms with Crippen LogP contribution in [0, 0.1) is 6.92 Å². The predicted molar refractivity (Wildman–Crippen MR) is 83.5 cm³/mol. The number of nitrogens with two attached hydrogens (primary N) is 1. The van der Waals surface area contributed by atoms with E-state index in [0.717, 1.165) is 30.0 Å². The molecule has 0 bridgehead atoms. The van der Waals surface area contributed by atoms with Crippen LogP contribution in [0.2, 0.25) is 0 Å². The van der Waals surface area contributed by atoms with Crippen LogP contribution >= 0.6 is 43.2 Å². The van der Waals surface area contributed by atoms with Crippen molar-refractivity contribution in [2.45, 2.75) is 13.0 Å². The second-order valence-electron chi connectivity index (χ2n) is 3.99. The number of thiophene rings is 1. The highest BCUT2D eigenvalue weighted by atomic mass is 79.9. The van der Waals surface area contributed by atoms with Crippen LogP contribution in [0.3, 0.4) is 0 Å². The number of hydrogen-bond donors (Lipinski definition) is 1. The van der Waals surface area contributed by atoms with Gasteiger partial charge >= 0.3 is 0 Å². The molecule has 0 fully saturated rings. The Balaban J connectivity index is 2.39. The van der Waals surface area contributed by atoms with Gasteiger partial charge in [-0.2, -0.15) is 0 Å². The van der Waals surface area contributed by atoms with Crippen molar-refractivity contribution in [3.05, 3.63) is 48.5 Å². The number of aryl methyl sites for hydroxylation is 1. The standard InChI is InChI=1S/C13H13Br2NOS/c1-7-3-4-8(5-10(7)17-2)12(16)9-6-11(14)18-13(9)15/h3-6,12H,16H2,1-2H3. The summed E-state index contributed by atoms with van der Waals surface area (Å²) in [6.45, 7) is 2.02. The van der Waals surface area contributed by atoms with E-state index in [1.807, 2.05) is 31.2 Å². The topological polar surface area (TPSA) is 35.2 Å². The normalized spacial score (nSPS) is 12.5.